The number of nitrogens with zero attached hydrogens (tertiary/aromatic N) is 3. The molecule has 1 aromatic carbocycles. The Morgan fingerprint density at radius 3 is 2.43 bits per heavy atom. The summed E-state index contributed by atoms with van der Waals surface area (Å²) in [5, 5.41) is 26.5. The van der Waals surface area contributed by atoms with Crippen molar-refractivity contribution in [1.82, 2.24) is 15.3 Å². The maximum Gasteiger partial charge on any atom is 0.141 e. The van der Waals surface area contributed by atoms with Crippen LogP contribution in [0.25, 0.3) is 5.57 Å². The van der Waals surface area contributed by atoms with E-state index in [4.69, 9.17) is 4.52 Å². The van der Waals surface area contributed by atoms with Crippen molar-refractivity contribution in [1.29, 1.82) is 0 Å². The molecular formula is C15H17N3O3. The lowest BCUT2D eigenvalue weighted by Gasteiger charge is -2.25. The Hall–Kier alpha value is -2.31. The number of aromatic hydroxyl groups is 1. The zero-order chi connectivity index (χ0) is 15.1. The van der Waals surface area contributed by atoms with Crippen LogP contribution >= 0.6 is 0 Å². The van der Waals surface area contributed by atoms with Crippen molar-refractivity contribution in [3.05, 3.63) is 53.0 Å². The summed E-state index contributed by atoms with van der Waals surface area (Å²) in [4.78, 5) is 0. The second-order valence-corrected chi connectivity index (χ2v) is 5.17. The minimum Gasteiger partial charge on any atom is -0.508 e. The topological polar surface area (TPSA) is 73.0 Å². The molecule has 1 aliphatic heterocycles. The number of aromatic nitrogens is 1. The second-order valence-electron chi connectivity index (χ2n) is 5.17. The van der Waals surface area contributed by atoms with E-state index in [2.05, 4.69) is 5.16 Å². The molecule has 0 bridgehead atoms. The van der Waals surface area contributed by atoms with Gasteiger partial charge in [0.05, 0.1) is 5.69 Å². The summed E-state index contributed by atoms with van der Waals surface area (Å²) in [7, 11) is 1.76. The normalized spacial score (nSPS) is 19.1. The third-order valence-electron chi connectivity index (χ3n) is 3.71. The largest absolute Gasteiger partial charge is 0.508 e. The first-order valence-electron chi connectivity index (χ1n) is 6.63. The van der Waals surface area contributed by atoms with Crippen molar-refractivity contribution < 1.29 is 14.8 Å². The average Bonchev–Trinajstić information content (AvgIpc) is 2.92. The minimum atomic E-state index is -0.368. The average molecular weight is 287 g/mol. The van der Waals surface area contributed by atoms with Crippen LogP contribution in [-0.4, -0.2) is 32.7 Å². The van der Waals surface area contributed by atoms with Crippen LogP contribution in [0.4, 0.5) is 0 Å². The van der Waals surface area contributed by atoms with E-state index in [1.165, 1.54) is 0 Å². The molecule has 0 radical (unpaired) electrons. The molecule has 6 nitrogen and oxygen atoms in total. The van der Waals surface area contributed by atoms with Gasteiger partial charge in [0, 0.05) is 24.4 Å². The van der Waals surface area contributed by atoms with Gasteiger partial charge in [-0.3, -0.25) is 10.2 Å². The van der Waals surface area contributed by atoms with E-state index >= 15 is 0 Å². The zero-order valence-electron chi connectivity index (χ0n) is 12.1. The number of hydroxylamine groups is 1. The smallest absolute Gasteiger partial charge is 0.141 e. The fourth-order valence-corrected chi connectivity index (χ4v) is 2.70. The van der Waals surface area contributed by atoms with Gasteiger partial charge in [-0.2, -0.15) is 0 Å². The summed E-state index contributed by atoms with van der Waals surface area (Å²) in [6.07, 6.45) is 1.85. The Morgan fingerprint density at radius 1 is 1.19 bits per heavy atom. The summed E-state index contributed by atoms with van der Waals surface area (Å²) < 4.78 is 5.23. The van der Waals surface area contributed by atoms with E-state index in [-0.39, 0.29) is 11.8 Å². The van der Waals surface area contributed by atoms with Crippen molar-refractivity contribution in [3.8, 4) is 5.75 Å². The van der Waals surface area contributed by atoms with Crippen LogP contribution in [0.5, 0.6) is 5.75 Å². The van der Waals surface area contributed by atoms with Gasteiger partial charge in [0.15, 0.2) is 0 Å². The van der Waals surface area contributed by atoms with Crippen molar-refractivity contribution in [2.24, 2.45) is 0 Å². The molecule has 110 valence electrons. The fourth-order valence-electron chi connectivity index (χ4n) is 2.70. The first kappa shape index (κ1) is 13.7. The molecule has 2 aromatic rings. The van der Waals surface area contributed by atoms with Crippen LogP contribution in [0.3, 0.4) is 0 Å². The molecule has 21 heavy (non-hydrogen) atoms. The molecule has 0 spiro atoms. The Bertz CT molecular complexity index is 671. The van der Waals surface area contributed by atoms with Crippen molar-refractivity contribution in [3.63, 3.8) is 0 Å². The van der Waals surface area contributed by atoms with Crippen LogP contribution in [0.2, 0.25) is 0 Å². The van der Waals surface area contributed by atoms with E-state index in [1.807, 2.05) is 20.0 Å². The molecule has 0 fully saturated rings. The molecule has 0 aliphatic carbocycles. The Labute approximate surface area is 122 Å². The van der Waals surface area contributed by atoms with E-state index in [0.717, 1.165) is 27.6 Å². The predicted octanol–water partition coefficient (Wildman–Crippen LogP) is 2.63. The number of hydrogen-bond donors (Lipinski definition) is 2. The van der Waals surface area contributed by atoms with Gasteiger partial charge in [0.2, 0.25) is 0 Å². The maximum atomic E-state index is 10.3. The molecule has 2 N–H and O–H groups in total. The first-order valence-corrected chi connectivity index (χ1v) is 6.63. The molecular weight excluding hydrogens is 270 g/mol. The molecule has 1 aromatic heterocycles. The molecule has 0 amide bonds. The lowest BCUT2D eigenvalue weighted by Crippen LogP contribution is -2.31. The highest BCUT2D eigenvalue weighted by Gasteiger charge is 2.35. The van der Waals surface area contributed by atoms with Gasteiger partial charge in [-0.15, -0.1) is 0 Å². The standard InChI is InChI=1S/C15H17N3O3/c1-9-14(10(2)21-16-9)13-8-17(3)18(20)15(13)11-4-6-12(19)7-5-11/h4-8,15,19-20H,1-3H3. The maximum absolute atomic E-state index is 10.3. The van der Waals surface area contributed by atoms with Gasteiger partial charge < -0.3 is 9.63 Å². The van der Waals surface area contributed by atoms with Crippen LogP contribution in [0.1, 0.15) is 28.6 Å². The van der Waals surface area contributed by atoms with Gasteiger partial charge in [0.1, 0.15) is 17.6 Å². The number of phenolic OH excluding ortho intramolecular Hbond substituents is 1. The third kappa shape index (κ3) is 2.18. The highest BCUT2D eigenvalue weighted by Crippen LogP contribution is 2.42. The third-order valence-corrected chi connectivity index (χ3v) is 3.71. The Kier molecular flexibility index (Phi) is 3.19. The second kappa shape index (κ2) is 4.91. The lowest BCUT2D eigenvalue weighted by molar-refractivity contribution is -0.221. The molecule has 1 aliphatic rings. The van der Waals surface area contributed by atoms with Crippen molar-refractivity contribution in [2.75, 3.05) is 7.05 Å². The van der Waals surface area contributed by atoms with Crippen molar-refractivity contribution in [2.45, 2.75) is 19.9 Å². The van der Waals surface area contributed by atoms with E-state index in [0.29, 0.717) is 5.76 Å². The van der Waals surface area contributed by atoms with Crippen LogP contribution in [0.15, 0.2) is 35.0 Å². The molecule has 0 saturated carbocycles. The van der Waals surface area contributed by atoms with E-state index < -0.39 is 0 Å². The number of hydrazine groups is 1. The summed E-state index contributed by atoms with van der Waals surface area (Å²) >= 11 is 0. The summed E-state index contributed by atoms with van der Waals surface area (Å²) in [6.45, 7) is 3.73. The van der Waals surface area contributed by atoms with Gasteiger partial charge in [-0.05, 0) is 31.5 Å². The highest BCUT2D eigenvalue weighted by molar-refractivity contribution is 5.74. The molecule has 1 atom stereocenters. The first-order chi connectivity index (χ1) is 9.99. The Balaban J connectivity index is 2.09. The highest BCUT2D eigenvalue weighted by atomic mass is 16.6. The van der Waals surface area contributed by atoms with Gasteiger partial charge in [-0.1, -0.05) is 22.5 Å². The van der Waals surface area contributed by atoms with Gasteiger partial charge in [-0.25, -0.2) is 0 Å². The van der Waals surface area contributed by atoms with Crippen molar-refractivity contribution >= 4 is 5.57 Å². The number of rotatable bonds is 2. The predicted molar refractivity (Wildman–Crippen MR) is 76.2 cm³/mol. The Morgan fingerprint density at radius 2 is 1.86 bits per heavy atom. The van der Waals surface area contributed by atoms with E-state index in [1.54, 1.807) is 36.3 Å². The molecule has 3 rings (SSSR count). The van der Waals surface area contributed by atoms with Crippen LogP contribution < -0.4 is 0 Å². The number of benzene rings is 1. The minimum absolute atomic E-state index is 0.192. The van der Waals surface area contributed by atoms with Gasteiger partial charge >= 0.3 is 0 Å². The zero-order valence-corrected chi connectivity index (χ0v) is 12.1. The summed E-state index contributed by atoms with van der Waals surface area (Å²) in [5.41, 5.74) is 3.45. The van der Waals surface area contributed by atoms with E-state index in [9.17, 15) is 10.3 Å². The van der Waals surface area contributed by atoms with Crippen LogP contribution in [0, 0.1) is 13.8 Å². The molecule has 2 heterocycles. The van der Waals surface area contributed by atoms with Gasteiger partial charge in [0.25, 0.3) is 0 Å². The lowest BCUT2D eigenvalue weighted by atomic mass is 9.93. The molecule has 1 unspecified atom stereocenters. The molecule has 0 saturated heterocycles. The summed E-state index contributed by atoms with van der Waals surface area (Å²) in [5.74, 6) is 0.906. The number of phenols is 1. The van der Waals surface area contributed by atoms with Crippen LogP contribution in [-0.2, 0) is 0 Å². The number of aryl methyl sites for hydroxylation is 2. The summed E-state index contributed by atoms with van der Waals surface area (Å²) in [6, 6.07) is 6.41. The quantitative estimate of drug-likeness (QED) is 0.884. The number of hydrogen-bond acceptors (Lipinski definition) is 6. The molecule has 6 heteroatoms. The fraction of sp³-hybridized carbons (Fsp3) is 0.267. The monoisotopic (exact) mass is 287 g/mol. The SMILES string of the molecule is Cc1noc(C)c1C1=CN(C)N(O)C1c1ccc(O)cc1.